The van der Waals surface area contributed by atoms with E-state index in [0.29, 0.717) is 28.9 Å². The largest absolute Gasteiger partial charge is 0.457 e. The maximum atomic E-state index is 11.3. The molecule has 0 spiro atoms. The highest BCUT2D eigenvalue weighted by atomic mass is 16.5. The third kappa shape index (κ3) is 1.29. The monoisotopic (exact) mass is 226 g/mol. The van der Waals surface area contributed by atoms with Gasteiger partial charge in [-0.3, -0.25) is 4.79 Å². The van der Waals surface area contributed by atoms with E-state index in [4.69, 9.17) is 4.74 Å². The molecule has 0 atom stereocenters. The van der Waals surface area contributed by atoms with Gasteiger partial charge in [0.1, 0.15) is 11.5 Å². The van der Waals surface area contributed by atoms with Crippen molar-refractivity contribution >= 4 is 6.29 Å². The van der Waals surface area contributed by atoms with E-state index in [2.05, 4.69) is 0 Å². The number of hydrogen-bond donors (Lipinski definition) is 1. The molecule has 0 aromatic heterocycles. The minimum atomic E-state index is -1.62. The Morgan fingerprint density at radius 3 is 1.88 bits per heavy atom. The quantitative estimate of drug-likeness (QED) is 0.758. The number of rotatable bonds is 1. The van der Waals surface area contributed by atoms with Crippen molar-refractivity contribution in [2.24, 2.45) is 0 Å². The molecule has 0 unspecified atom stereocenters. The lowest BCUT2D eigenvalue weighted by Gasteiger charge is -2.31. The van der Waals surface area contributed by atoms with Crippen molar-refractivity contribution in [3.8, 4) is 11.5 Å². The predicted molar refractivity (Wildman–Crippen MR) is 62.0 cm³/mol. The Hall–Kier alpha value is -2.13. The number of hydrogen-bond acceptors (Lipinski definition) is 3. The number of para-hydroxylation sites is 2. The summed E-state index contributed by atoms with van der Waals surface area (Å²) < 4.78 is 5.66. The maximum absolute atomic E-state index is 11.3. The summed E-state index contributed by atoms with van der Waals surface area (Å²) in [5.41, 5.74) is -0.659. The molecule has 0 fully saturated rings. The van der Waals surface area contributed by atoms with E-state index in [0.717, 1.165) is 0 Å². The van der Waals surface area contributed by atoms with Crippen LogP contribution in [0.5, 0.6) is 11.5 Å². The minimum absolute atomic E-state index is 0.480. The Kier molecular flexibility index (Phi) is 2.03. The SMILES string of the molecule is O=CC1(O)c2ccccc2Oc2ccccc21. The van der Waals surface area contributed by atoms with Gasteiger partial charge in [-0.05, 0) is 12.1 Å². The van der Waals surface area contributed by atoms with Crippen LogP contribution in [-0.2, 0) is 10.4 Å². The summed E-state index contributed by atoms with van der Waals surface area (Å²) in [6.07, 6.45) is 0.549. The molecule has 0 bridgehead atoms. The third-order valence-electron chi connectivity index (χ3n) is 2.99. The first-order valence-corrected chi connectivity index (χ1v) is 5.31. The van der Waals surface area contributed by atoms with Crippen LogP contribution in [-0.4, -0.2) is 11.4 Å². The lowest BCUT2D eigenvalue weighted by atomic mass is 9.85. The molecule has 0 saturated heterocycles. The fourth-order valence-corrected chi connectivity index (χ4v) is 2.13. The van der Waals surface area contributed by atoms with Crippen LogP contribution in [0.15, 0.2) is 48.5 Å². The number of benzene rings is 2. The molecule has 3 heteroatoms. The first-order chi connectivity index (χ1) is 8.25. The van der Waals surface area contributed by atoms with Gasteiger partial charge < -0.3 is 9.84 Å². The van der Waals surface area contributed by atoms with Gasteiger partial charge in [0, 0.05) is 11.1 Å². The van der Waals surface area contributed by atoms with Crippen molar-refractivity contribution < 1.29 is 14.6 Å². The zero-order valence-corrected chi connectivity index (χ0v) is 8.96. The van der Waals surface area contributed by atoms with Crippen LogP contribution in [0.4, 0.5) is 0 Å². The average molecular weight is 226 g/mol. The third-order valence-corrected chi connectivity index (χ3v) is 2.99. The molecular weight excluding hydrogens is 216 g/mol. The van der Waals surface area contributed by atoms with E-state index in [9.17, 15) is 9.90 Å². The summed E-state index contributed by atoms with van der Waals surface area (Å²) in [7, 11) is 0. The summed E-state index contributed by atoms with van der Waals surface area (Å²) in [6, 6.07) is 14.0. The molecule has 17 heavy (non-hydrogen) atoms. The Bertz CT molecular complexity index is 544. The number of ether oxygens (including phenoxy) is 1. The van der Waals surface area contributed by atoms with Crippen LogP contribution >= 0.6 is 0 Å². The van der Waals surface area contributed by atoms with Crippen molar-refractivity contribution in [1.82, 2.24) is 0 Å². The van der Waals surface area contributed by atoms with Gasteiger partial charge in [-0.25, -0.2) is 0 Å². The molecular formula is C14H10O3. The Morgan fingerprint density at radius 2 is 1.41 bits per heavy atom. The van der Waals surface area contributed by atoms with Gasteiger partial charge in [-0.1, -0.05) is 36.4 Å². The van der Waals surface area contributed by atoms with E-state index < -0.39 is 5.60 Å². The molecule has 1 heterocycles. The molecule has 2 aromatic rings. The summed E-state index contributed by atoms with van der Waals surface area (Å²) >= 11 is 0. The second-order valence-electron chi connectivity index (χ2n) is 3.98. The number of fused-ring (bicyclic) bond motifs is 2. The highest BCUT2D eigenvalue weighted by molar-refractivity contribution is 5.77. The van der Waals surface area contributed by atoms with Crippen LogP contribution in [0.1, 0.15) is 11.1 Å². The zero-order valence-electron chi connectivity index (χ0n) is 8.96. The van der Waals surface area contributed by atoms with Crippen LogP contribution in [0.2, 0.25) is 0 Å². The maximum Gasteiger partial charge on any atom is 0.177 e. The Labute approximate surface area is 98.3 Å². The molecule has 0 saturated carbocycles. The molecule has 1 aliphatic rings. The van der Waals surface area contributed by atoms with Crippen LogP contribution < -0.4 is 4.74 Å². The fourth-order valence-electron chi connectivity index (χ4n) is 2.13. The molecule has 3 nitrogen and oxygen atoms in total. The van der Waals surface area contributed by atoms with E-state index >= 15 is 0 Å². The first-order valence-electron chi connectivity index (χ1n) is 5.31. The molecule has 2 aromatic carbocycles. The van der Waals surface area contributed by atoms with Gasteiger partial charge in [0.05, 0.1) is 0 Å². The summed E-state index contributed by atoms with van der Waals surface area (Å²) in [6.45, 7) is 0. The second-order valence-corrected chi connectivity index (χ2v) is 3.98. The molecule has 3 rings (SSSR count). The van der Waals surface area contributed by atoms with Gasteiger partial charge in [-0.2, -0.15) is 0 Å². The molecule has 0 radical (unpaired) electrons. The Morgan fingerprint density at radius 1 is 0.941 bits per heavy atom. The molecule has 0 aliphatic carbocycles. The number of carbonyl (C=O) groups is 1. The van der Waals surface area contributed by atoms with Crippen molar-refractivity contribution in [3.05, 3.63) is 59.7 Å². The standard InChI is InChI=1S/C14H10O3/c15-9-14(16)10-5-1-3-7-12(10)17-13-8-4-2-6-11(13)14/h1-9,16H. The second kappa shape index (κ2) is 3.43. The average Bonchev–Trinajstić information content (AvgIpc) is 2.39. The van der Waals surface area contributed by atoms with E-state index in [-0.39, 0.29) is 0 Å². The summed E-state index contributed by atoms with van der Waals surface area (Å²) in [4.78, 5) is 11.3. The van der Waals surface area contributed by atoms with Crippen LogP contribution in [0.3, 0.4) is 0 Å². The van der Waals surface area contributed by atoms with Gasteiger partial charge in [0.15, 0.2) is 11.9 Å². The first kappa shape index (κ1) is 10.1. The van der Waals surface area contributed by atoms with Crippen LogP contribution in [0.25, 0.3) is 0 Å². The van der Waals surface area contributed by atoms with E-state index in [1.54, 1.807) is 48.5 Å². The van der Waals surface area contributed by atoms with Gasteiger partial charge >= 0.3 is 0 Å². The van der Waals surface area contributed by atoms with Crippen molar-refractivity contribution in [1.29, 1.82) is 0 Å². The van der Waals surface area contributed by atoms with Crippen LogP contribution in [0, 0.1) is 0 Å². The lowest BCUT2D eigenvalue weighted by molar-refractivity contribution is -0.121. The molecule has 84 valence electrons. The molecule has 0 amide bonds. The highest BCUT2D eigenvalue weighted by Gasteiger charge is 2.39. The molecule has 1 aliphatic heterocycles. The van der Waals surface area contributed by atoms with Gasteiger partial charge in [0.2, 0.25) is 0 Å². The van der Waals surface area contributed by atoms with Crippen molar-refractivity contribution in [2.45, 2.75) is 5.60 Å². The smallest absolute Gasteiger partial charge is 0.177 e. The topological polar surface area (TPSA) is 46.5 Å². The molecule has 1 N–H and O–H groups in total. The highest BCUT2D eigenvalue weighted by Crippen LogP contribution is 2.45. The van der Waals surface area contributed by atoms with E-state index in [1.807, 2.05) is 0 Å². The zero-order chi connectivity index (χ0) is 11.9. The predicted octanol–water partition coefficient (Wildman–Crippen LogP) is 2.23. The minimum Gasteiger partial charge on any atom is -0.457 e. The number of carbonyl (C=O) groups excluding carboxylic acids is 1. The number of aldehydes is 1. The van der Waals surface area contributed by atoms with Crippen molar-refractivity contribution in [2.75, 3.05) is 0 Å². The Balaban J connectivity index is 2.32. The normalized spacial score (nSPS) is 15.4. The summed E-state index contributed by atoms with van der Waals surface area (Å²) in [5.74, 6) is 1.03. The number of aliphatic hydroxyl groups is 1. The summed E-state index contributed by atoms with van der Waals surface area (Å²) in [5, 5.41) is 10.5. The fraction of sp³-hybridized carbons (Fsp3) is 0.0714. The van der Waals surface area contributed by atoms with Gasteiger partial charge in [0.25, 0.3) is 0 Å². The van der Waals surface area contributed by atoms with Crippen molar-refractivity contribution in [3.63, 3.8) is 0 Å². The van der Waals surface area contributed by atoms with E-state index in [1.165, 1.54) is 0 Å². The lowest BCUT2D eigenvalue weighted by Crippen LogP contribution is -2.32. The van der Waals surface area contributed by atoms with Gasteiger partial charge in [-0.15, -0.1) is 0 Å².